The molecule has 33 heavy (non-hydrogen) atoms. The number of allylic oxidation sites excluding steroid dienone is 1. The van der Waals surface area contributed by atoms with Crippen LogP contribution < -0.4 is 20.3 Å². The first kappa shape index (κ1) is 21.6. The van der Waals surface area contributed by atoms with E-state index in [0.717, 1.165) is 43.6 Å². The number of hydrogen-bond donors (Lipinski definition) is 3. The molecule has 0 aromatic heterocycles. The molecule has 2 aromatic rings. The minimum absolute atomic E-state index is 0.100. The number of anilines is 1. The molecule has 1 amide bonds. The van der Waals surface area contributed by atoms with Gasteiger partial charge in [-0.05, 0) is 56.9 Å². The number of nitrogens with zero attached hydrogens (tertiary/aromatic N) is 1. The van der Waals surface area contributed by atoms with Crippen molar-refractivity contribution in [2.45, 2.75) is 44.7 Å². The molecule has 5 rings (SSSR count). The smallest absolute Gasteiger partial charge is 0.230 e. The highest BCUT2D eigenvalue weighted by Gasteiger charge is 2.39. The van der Waals surface area contributed by atoms with Crippen molar-refractivity contribution >= 4 is 23.4 Å². The van der Waals surface area contributed by atoms with E-state index >= 15 is 0 Å². The third-order valence-corrected chi connectivity index (χ3v) is 6.68. The molecule has 3 N–H and O–H groups in total. The zero-order valence-corrected chi connectivity index (χ0v) is 18.7. The highest BCUT2D eigenvalue weighted by atomic mass is 19.1. The Kier molecular flexibility index (Phi) is 5.89. The predicted octanol–water partition coefficient (Wildman–Crippen LogP) is 4.25. The maximum absolute atomic E-state index is 14.5. The number of carbonyl (C=O) groups excluding carboxylic acids is 1. The summed E-state index contributed by atoms with van der Waals surface area (Å²) in [5.41, 5.74) is 3.08. The molecule has 2 aromatic carbocycles. The maximum Gasteiger partial charge on any atom is 0.230 e. The molecule has 0 bridgehead atoms. The molecule has 1 unspecified atom stereocenters. The van der Waals surface area contributed by atoms with Crippen LogP contribution in [0, 0.1) is 17.1 Å². The van der Waals surface area contributed by atoms with Crippen LogP contribution >= 0.6 is 0 Å². The molecule has 1 saturated heterocycles. The topological polar surface area (TPSA) is 77.5 Å². The molecular weight excluding hydrogens is 419 g/mol. The minimum atomic E-state index is -0.449. The van der Waals surface area contributed by atoms with Crippen LogP contribution in [0.5, 0.6) is 11.5 Å². The average Bonchev–Trinajstić information content (AvgIpc) is 3.62. The standard InChI is InChI=1S/C26H29FN4O2/c1-16-6-9-21-23(31(16)26(32)17-7-8-17)11-10-20(18(12-28)13-30-19-14-29-15-19)25(21)33-24-5-3-2-4-22(24)27/h2-5,10-13,16-17,19,28-30H,6-9,14-15H2,1H3/b18-13+,28-12?. The Hall–Kier alpha value is -3.19. The first-order valence-corrected chi connectivity index (χ1v) is 11.7. The number of halogens is 1. The normalized spacial score (nSPS) is 20.6. The number of rotatable bonds is 7. The molecule has 0 spiro atoms. The molecule has 7 heteroatoms. The SMILES string of the molecule is CC1CCc2c(ccc(/C(C=N)=C/NC3CNC3)c2Oc2ccccc2F)N1C(=O)C1CC1. The van der Waals surface area contributed by atoms with E-state index in [1.165, 1.54) is 12.3 Å². The van der Waals surface area contributed by atoms with Gasteiger partial charge >= 0.3 is 0 Å². The Bertz CT molecular complexity index is 1110. The number of amides is 1. The second-order valence-corrected chi connectivity index (χ2v) is 9.11. The van der Waals surface area contributed by atoms with Gasteiger partial charge in [-0.2, -0.15) is 0 Å². The Morgan fingerprint density at radius 3 is 2.67 bits per heavy atom. The lowest BCUT2D eigenvalue weighted by Crippen LogP contribution is -2.53. The van der Waals surface area contributed by atoms with Crippen LogP contribution in [0.15, 0.2) is 42.6 Å². The van der Waals surface area contributed by atoms with E-state index in [9.17, 15) is 9.18 Å². The number of benzene rings is 2. The van der Waals surface area contributed by atoms with Crippen LogP contribution in [0.3, 0.4) is 0 Å². The second kappa shape index (κ2) is 8.98. The zero-order chi connectivity index (χ0) is 22.9. The Morgan fingerprint density at radius 1 is 1.21 bits per heavy atom. The van der Waals surface area contributed by atoms with Gasteiger partial charge in [-0.1, -0.05) is 12.1 Å². The summed E-state index contributed by atoms with van der Waals surface area (Å²) >= 11 is 0. The summed E-state index contributed by atoms with van der Waals surface area (Å²) in [7, 11) is 0. The highest BCUT2D eigenvalue weighted by molar-refractivity contribution is 6.10. The summed E-state index contributed by atoms with van der Waals surface area (Å²) in [6.45, 7) is 3.83. The van der Waals surface area contributed by atoms with Gasteiger partial charge in [0.05, 0.1) is 11.7 Å². The lowest BCUT2D eigenvalue weighted by Gasteiger charge is -2.37. The number of carbonyl (C=O) groups is 1. The van der Waals surface area contributed by atoms with Crippen LogP contribution in [0.25, 0.3) is 5.57 Å². The number of hydrogen-bond acceptors (Lipinski definition) is 5. The second-order valence-electron chi connectivity index (χ2n) is 9.11. The van der Waals surface area contributed by atoms with Gasteiger partial charge in [0.25, 0.3) is 0 Å². The first-order valence-electron chi connectivity index (χ1n) is 11.7. The van der Waals surface area contributed by atoms with Gasteiger partial charge in [0, 0.05) is 54.2 Å². The van der Waals surface area contributed by atoms with Gasteiger partial charge in [-0.25, -0.2) is 4.39 Å². The fraction of sp³-hybridized carbons (Fsp3) is 0.385. The lowest BCUT2D eigenvalue weighted by atomic mass is 9.91. The van der Waals surface area contributed by atoms with E-state index in [-0.39, 0.29) is 23.6 Å². The van der Waals surface area contributed by atoms with Crippen molar-refractivity contribution in [2.24, 2.45) is 5.92 Å². The third kappa shape index (κ3) is 4.25. The monoisotopic (exact) mass is 448 g/mol. The molecule has 0 radical (unpaired) electrons. The molecule has 2 fully saturated rings. The van der Waals surface area contributed by atoms with E-state index in [4.69, 9.17) is 10.1 Å². The van der Waals surface area contributed by atoms with Crippen LogP contribution in [-0.2, 0) is 11.2 Å². The van der Waals surface area contributed by atoms with Crippen LogP contribution in [0.1, 0.15) is 37.3 Å². The van der Waals surface area contributed by atoms with E-state index < -0.39 is 5.82 Å². The predicted molar refractivity (Wildman–Crippen MR) is 127 cm³/mol. The number of nitrogens with one attached hydrogen (secondary N) is 3. The molecule has 172 valence electrons. The fourth-order valence-corrected chi connectivity index (χ4v) is 4.46. The number of para-hydroxylation sites is 1. The molecule has 6 nitrogen and oxygen atoms in total. The molecule has 2 heterocycles. The van der Waals surface area contributed by atoms with E-state index in [1.807, 2.05) is 23.2 Å². The van der Waals surface area contributed by atoms with E-state index in [1.54, 1.807) is 18.2 Å². The Labute approximate surface area is 193 Å². The van der Waals surface area contributed by atoms with Gasteiger partial charge in [-0.3, -0.25) is 4.79 Å². The molecule has 2 aliphatic heterocycles. The van der Waals surface area contributed by atoms with Crippen molar-refractivity contribution in [1.82, 2.24) is 10.6 Å². The third-order valence-electron chi connectivity index (χ3n) is 6.68. The summed E-state index contributed by atoms with van der Waals surface area (Å²) in [6.07, 6.45) is 6.51. The Balaban J connectivity index is 1.60. The average molecular weight is 449 g/mol. The zero-order valence-electron chi connectivity index (χ0n) is 18.7. The van der Waals surface area contributed by atoms with Gasteiger partial charge in [0.2, 0.25) is 5.91 Å². The van der Waals surface area contributed by atoms with Gasteiger partial charge in [0.1, 0.15) is 5.75 Å². The number of fused-ring (bicyclic) bond motifs is 1. The van der Waals surface area contributed by atoms with Crippen LogP contribution in [-0.4, -0.2) is 37.3 Å². The van der Waals surface area contributed by atoms with Crippen molar-refractivity contribution in [2.75, 3.05) is 18.0 Å². The number of ether oxygens (including phenoxy) is 1. The molecule has 1 saturated carbocycles. The minimum Gasteiger partial charge on any atom is -0.453 e. The molecule has 1 aliphatic carbocycles. The Morgan fingerprint density at radius 2 is 2.00 bits per heavy atom. The largest absolute Gasteiger partial charge is 0.453 e. The maximum atomic E-state index is 14.5. The summed E-state index contributed by atoms with van der Waals surface area (Å²) in [5.74, 6) is 0.462. The van der Waals surface area contributed by atoms with Crippen LogP contribution in [0.4, 0.5) is 10.1 Å². The highest BCUT2D eigenvalue weighted by Crippen LogP contribution is 2.45. The quantitative estimate of drug-likeness (QED) is 0.554. The summed E-state index contributed by atoms with van der Waals surface area (Å²) in [6, 6.07) is 10.6. The van der Waals surface area contributed by atoms with Gasteiger partial charge in [0.15, 0.2) is 11.6 Å². The fourth-order valence-electron chi connectivity index (χ4n) is 4.46. The summed E-state index contributed by atoms with van der Waals surface area (Å²) in [4.78, 5) is 15.0. The van der Waals surface area contributed by atoms with Crippen LogP contribution in [0.2, 0.25) is 0 Å². The molecule has 1 atom stereocenters. The van der Waals surface area contributed by atoms with E-state index in [2.05, 4.69) is 17.6 Å². The van der Waals surface area contributed by atoms with Crippen molar-refractivity contribution in [3.8, 4) is 11.5 Å². The summed E-state index contributed by atoms with van der Waals surface area (Å²) in [5, 5.41) is 14.6. The van der Waals surface area contributed by atoms with Gasteiger partial charge < -0.3 is 25.7 Å². The summed E-state index contributed by atoms with van der Waals surface area (Å²) < 4.78 is 20.8. The van der Waals surface area contributed by atoms with Crippen molar-refractivity contribution < 1.29 is 13.9 Å². The van der Waals surface area contributed by atoms with E-state index in [0.29, 0.717) is 29.3 Å². The first-order chi connectivity index (χ1) is 16.1. The lowest BCUT2D eigenvalue weighted by molar-refractivity contribution is -0.120. The molecule has 3 aliphatic rings. The van der Waals surface area contributed by atoms with Crippen molar-refractivity contribution in [1.29, 1.82) is 5.41 Å². The van der Waals surface area contributed by atoms with Gasteiger partial charge in [-0.15, -0.1) is 0 Å². The van der Waals surface area contributed by atoms with Crippen molar-refractivity contribution in [3.63, 3.8) is 0 Å². The molecular formula is C26H29FN4O2. The van der Waals surface area contributed by atoms with Crippen molar-refractivity contribution in [3.05, 3.63) is 59.5 Å².